The van der Waals surface area contributed by atoms with E-state index < -0.39 is 50.6 Å². The molecular formula is C26H39NO7Si. The van der Waals surface area contributed by atoms with Crippen LogP contribution in [0.15, 0.2) is 43.0 Å². The second-order valence-corrected chi connectivity index (χ2v) is 15.2. The Balaban J connectivity index is 2.32. The summed E-state index contributed by atoms with van der Waals surface area (Å²) in [4.78, 5) is 39.8. The van der Waals surface area contributed by atoms with Gasteiger partial charge in [-0.05, 0) is 30.6 Å². The van der Waals surface area contributed by atoms with Crippen molar-refractivity contribution < 1.29 is 33.4 Å². The van der Waals surface area contributed by atoms with E-state index in [2.05, 4.69) is 40.4 Å². The highest BCUT2D eigenvalue weighted by Crippen LogP contribution is 2.42. The van der Waals surface area contributed by atoms with Crippen molar-refractivity contribution >= 4 is 26.0 Å². The number of likely N-dealkylation sites (tertiary alicyclic amines) is 1. The zero-order chi connectivity index (χ0) is 26.6. The van der Waals surface area contributed by atoms with Crippen LogP contribution in [-0.2, 0) is 28.3 Å². The largest absolute Gasteiger partial charge is 0.458 e. The molecule has 1 amide bonds. The molecule has 0 bridgehead atoms. The summed E-state index contributed by atoms with van der Waals surface area (Å²) < 4.78 is 16.9. The van der Waals surface area contributed by atoms with Gasteiger partial charge in [0.05, 0.1) is 18.1 Å². The average molecular weight is 506 g/mol. The van der Waals surface area contributed by atoms with Gasteiger partial charge >= 0.3 is 5.97 Å². The molecular weight excluding hydrogens is 466 g/mol. The first-order valence-corrected chi connectivity index (χ1v) is 14.7. The highest BCUT2D eigenvalue weighted by molar-refractivity contribution is 6.74. The predicted octanol–water partition coefficient (Wildman–Crippen LogP) is 3.62. The van der Waals surface area contributed by atoms with Crippen molar-refractivity contribution in [3.05, 3.63) is 48.6 Å². The molecule has 1 fully saturated rings. The van der Waals surface area contributed by atoms with E-state index in [0.717, 1.165) is 4.90 Å². The second-order valence-electron chi connectivity index (χ2n) is 10.4. The van der Waals surface area contributed by atoms with Gasteiger partial charge in [-0.15, -0.1) is 0 Å². The van der Waals surface area contributed by atoms with E-state index in [4.69, 9.17) is 13.9 Å². The summed E-state index contributed by atoms with van der Waals surface area (Å²) in [6.07, 6.45) is -1.91. The van der Waals surface area contributed by atoms with Gasteiger partial charge in [-0.3, -0.25) is 9.59 Å². The fourth-order valence-corrected chi connectivity index (χ4v) is 5.50. The van der Waals surface area contributed by atoms with E-state index in [1.54, 1.807) is 12.1 Å². The van der Waals surface area contributed by atoms with E-state index in [1.165, 1.54) is 13.2 Å². The Morgan fingerprint density at radius 2 is 1.83 bits per heavy atom. The normalized spacial score (nSPS) is 21.0. The SMILES string of the molecule is C=CCOC(=O)C(O)N1C(=O)[C@H]([C@@H](C)O[Si](C)(C)C(C)(C)C)[C@H]1CC(=O)C(OC)c1ccccc1. The third-order valence-electron chi connectivity index (χ3n) is 6.96. The zero-order valence-corrected chi connectivity index (χ0v) is 22.8. The van der Waals surface area contributed by atoms with E-state index in [-0.39, 0.29) is 23.8 Å². The number of methoxy groups -OCH3 is 1. The minimum absolute atomic E-state index is 0.0818. The number of hydrogen-bond acceptors (Lipinski definition) is 7. The quantitative estimate of drug-likeness (QED) is 0.200. The van der Waals surface area contributed by atoms with E-state index >= 15 is 0 Å². The molecule has 194 valence electrons. The van der Waals surface area contributed by atoms with Crippen LogP contribution in [0.2, 0.25) is 18.1 Å². The van der Waals surface area contributed by atoms with Crippen LogP contribution in [0.1, 0.15) is 45.8 Å². The molecule has 1 N–H and O–H groups in total. The topological polar surface area (TPSA) is 102 Å². The molecule has 1 heterocycles. The summed E-state index contributed by atoms with van der Waals surface area (Å²) in [6, 6.07) is 8.29. The lowest BCUT2D eigenvalue weighted by atomic mass is 9.79. The fraction of sp³-hybridized carbons (Fsp3) is 0.577. The molecule has 8 nitrogen and oxygen atoms in total. The van der Waals surface area contributed by atoms with E-state index in [0.29, 0.717) is 5.56 Å². The summed E-state index contributed by atoms with van der Waals surface area (Å²) in [7, 11) is -0.782. The summed E-state index contributed by atoms with van der Waals surface area (Å²) in [6.45, 7) is 15.7. The smallest absolute Gasteiger partial charge is 0.356 e. The van der Waals surface area contributed by atoms with Crippen LogP contribution < -0.4 is 0 Å². The lowest BCUT2D eigenvalue weighted by Crippen LogP contribution is -2.70. The third kappa shape index (κ3) is 6.46. The number of hydrogen-bond donors (Lipinski definition) is 1. The van der Waals surface area contributed by atoms with Crippen LogP contribution in [-0.4, -0.2) is 68.1 Å². The molecule has 1 saturated heterocycles. The van der Waals surface area contributed by atoms with Crippen molar-refractivity contribution in [1.29, 1.82) is 0 Å². The van der Waals surface area contributed by atoms with Crippen LogP contribution in [0.25, 0.3) is 0 Å². The van der Waals surface area contributed by atoms with Crippen molar-refractivity contribution in [2.45, 2.75) is 76.7 Å². The molecule has 0 aliphatic carbocycles. The van der Waals surface area contributed by atoms with Crippen molar-refractivity contribution in [3.63, 3.8) is 0 Å². The number of esters is 1. The number of rotatable bonds is 12. The van der Waals surface area contributed by atoms with Crippen molar-refractivity contribution in [2.75, 3.05) is 13.7 Å². The van der Waals surface area contributed by atoms with Crippen molar-refractivity contribution in [3.8, 4) is 0 Å². The molecule has 35 heavy (non-hydrogen) atoms. The number of aliphatic hydroxyl groups is 1. The minimum Gasteiger partial charge on any atom is -0.458 e. The van der Waals surface area contributed by atoms with Crippen LogP contribution in [0, 0.1) is 5.92 Å². The van der Waals surface area contributed by atoms with Gasteiger partial charge in [0.25, 0.3) is 0 Å². The number of aliphatic hydroxyl groups excluding tert-OH is 1. The summed E-state index contributed by atoms with van der Waals surface area (Å²) in [5.74, 6) is -2.38. The monoisotopic (exact) mass is 505 g/mol. The number of amides is 1. The number of benzene rings is 1. The maximum Gasteiger partial charge on any atom is 0.356 e. The number of carbonyl (C=O) groups excluding carboxylic acids is 3. The molecule has 2 rings (SSSR count). The summed E-state index contributed by atoms with van der Waals surface area (Å²) in [5.41, 5.74) is 0.685. The Bertz CT molecular complexity index is 912. The van der Waals surface area contributed by atoms with Gasteiger partial charge in [-0.25, -0.2) is 4.79 Å². The van der Waals surface area contributed by atoms with Crippen LogP contribution in [0.5, 0.6) is 0 Å². The lowest BCUT2D eigenvalue weighted by Gasteiger charge is -2.52. The van der Waals surface area contributed by atoms with Gasteiger partial charge in [-0.1, -0.05) is 63.8 Å². The first-order valence-electron chi connectivity index (χ1n) is 11.8. The lowest BCUT2D eigenvalue weighted by molar-refractivity contribution is -0.197. The first-order chi connectivity index (χ1) is 16.3. The van der Waals surface area contributed by atoms with Gasteiger partial charge in [0, 0.05) is 13.5 Å². The Morgan fingerprint density at radius 3 is 2.34 bits per heavy atom. The zero-order valence-electron chi connectivity index (χ0n) is 21.8. The van der Waals surface area contributed by atoms with Crippen LogP contribution >= 0.6 is 0 Å². The Kier molecular flexibility index (Phi) is 9.58. The Morgan fingerprint density at radius 1 is 1.23 bits per heavy atom. The predicted molar refractivity (Wildman–Crippen MR) is 135 cm³/mol. The maximum absolute atomic E-state index is 13.3. The van der Waals surface area contributed by atoms with Crippen molar-refractivity contribution in [1.82, 2.24) is 4.90 Å². The molecule has 0 aromatic heterocycles. The summed E-state index contributed by atoms with van der Waals surface area (Å²) >= 11 is 0. The van der Waals surface area contributed by atoms with Gasteiger partial charge in [0.1, 0.15) is 12.7 Å². The molecule has 1 aliphatic heterocycles. The first kappa shape index (κ1) is 28.9. The van der Waals surface area contributed by atoms with E-state index in [9.17, 15) is 19.5 Å². The van der Waals surface area contributed by atoms with Gasteiger partial charge in [0.2, 0.25) is 12.1 Å². The third-order valence-corrected chi connectivity index (χ3v) is 11.5. The minimum atomic E-state index is -2.23. The highest BCUT2D eigenvalue weighted by Gasteiger charge is 2.56. The Hall–Kier alpha value is -2.33. The summed E-state index contributed by atoms with van der Waals surface area (Å²) in [5, 5.41) is 10.5. The van der Waals surface area contributed by atoms with Crippen LogP contribution in [0.3, 0.4) is 0 Å². The number of β-lactam (4-membered cyclic amide) rings is 1. The molecule has 1 aliphatic rings. The fourth-order valence-electron chi connectivity index (χ4n) is 4.07. The number of nitrogens with zero attached hydrogens (tertiary/aromatic N) is 1. The molecule has 1 aromatic rings. The van der Waals surface area contributed by atoms with Crippen LogP contribution in [0.4, 0.5) is 0 Å². The molecule has 0 saturated carbocycles. The maximum atomic E-state index is 13.3. The molecule has 0 spiro atoms. The number of ether oxygens (including phenoxy) is 2. The van der Waals surface area contributed by atoms with Gasteiger partial charge < -0.3 is 23.9 Å². The number of ketones is 1. The number of carbonyl (C=O) groups is 3. The second kappa shape index (κ2) is 11.6. The molecule has 9 heteroatoms. The highest BCUT2D eigenvalue weighted by atomic mass is 28.4. The van der Waals surface area contributed by atoms with E-state index in [1.807, 2.05) is 25.1 Å². The molecule has 2 unspecified atom stereocenters. The average Bonchev–Trinajstić information content (AvgIpc) is 2.77. The molecule has 1 aromatic carbocycles. The molecule has 5 atom stereocenters. The van der Waals surface area contributed by atoms with Crippen molar-refractivity contribution in [2.24, 2.45) is 5.92 Å². The Labute approximate surface area is 209 Å². The molecule has 0 radical (unpaired) electrons. The standard InChI is InChI=1S/C26H39NO7Si/c1-9-15-33-25(31)24(30)27-19(16-20(28)22(32-6)18-13-11-10-12-14-18)21(23(27)29)17(2)34-35(7,8)26(3,4)5/h9-14,17,19,21-22,24,30H,1,15-16H2,2-8H3/t17-,19-,21-,22?,24?/m1/s1. The van der Waals surface area contributed by atoms with Gasteiger partial charge in [-0.2, -0.15) is 0 Å². The van der Waals surface area contributed by atoms with Gasteiger partial charge in [0.15, 0.2) is 14.1 Å². The number of Topliss-reactive ketones (excluding diaryl/α,β-unsaturated/α-hetero) is 1.